The third-order valence-electron chi connectivity index (χ3n) is 7.49. The number of aromatic nitrogens is 1. The molecule has 1 unspecified atom stereocenters. The second-order valence-corrected chi connectivity index (χ2v) is 9.56. The highest BCUT2D eigenvalue weighted by molar-refractivity contribution is 5.83. The number of hydrogen-bond acceptors (Lipinski definition) is 2. The van der Waals surface area contributed by atoms with Crippen molar-refractivity contribution < 1.29 is 18.0 Å². The molecule has 2 aromatic carbocycles. The molecule has 1 amide bonds. The molecule has 0 radical (unpaired) electrons. The van der Waals surface area contributed by atoms with Gasteiger partial charge in [0.1, 0.15) is 17.5 Å². The van der Waals surface area contributed by atoms with Crippen molar-refractivity contribution in [3.63, 3.8) is 0 Å². The molecule has 2 atom stereocenters. The fourth-order valence-corrected chi connectivity index (χ4v) is 6.13. The van der Waals surface area contributed by atoms with Crippen LogP contribution < -0.4 is 0 Å². The molecule has 0 saturated heterocycles. The first-order chi connectivity index (χ1) is 15.4. The summed E-state index contributed by atoms with van der Waals surface area (Å²) in [5.41, 5.74) is 1.48. The van der Waals surface area contributed by atoms with Gasteiger partial charge < -0.3 is 4.57 Å². The van der Waals surface area contributed by atoms with Gasteiger partial charge in [-0.05, 0) is 72.6 Å². The predicted molar refractivity (Wildman–Crippen MR) is 114 cm³/mol. The second-order valence-electron chi connectivity index (χ2n) is 9.56. The van der Waals surface area contributed by atoms with Crippen LogP contribution in [0.25, 0.3) is 10.9 Å². The molecule has 1 aliphatic heterocycles. The Bertz CT molecular complexity index is 1240. The molecule has 7 heteroatoms. The largest absolute Gasteiger partial charge is 0.347 e. The molecule has 4 aliphatic rings. The molecule has 2 bridgehead atoms. The smallest absolute Gasteiger partial charge is 0.246 e. The molecule has 1 aromatic heterocycles. The Labute approximate surface area is 183 Å². The van der Waals surface area contributed by atoms with Crippen molar-refractivity contribution in [3.05, 3.63) is 71.7 Å². The van der Waals surface area contributed by atoms with Crippen LogP contribution in [0.3, 0.4) is 0 Å². The number of hydrogen-bond donors (Lipinski definition) is 0. The Morgan fingerprint density at radius 1 is 1.00 bits per heavy atom. The highest BCUT2D eigenvalue weighted by atomic mass is 19.1. The summed E-state index contributed by atoms with van der Waals surface area (Å²) in [4.78, 5) is 13.4. The first kappa shape index (κ1) is 19.6. The summed E-state index contributed by atoms with van der Waals surface area (Å²) in [6, 6.07) is 9.65. The number of hydrazone groups is 1. The van der Waals surface area contributed by atoms with E-state index in [0.717, 1.165) is 42.8 Å². The second kappa shape index (κ2) is 6.95. The van der Waals surface area contributed by atoms with E-state index in [1.807, 2.05) is 12.3 Å². The number of fused-ring (bicyclic) bond motifs is 2. The van der Waals surface area contributed by atoms with Crippen molar-refractivity contribution in [2.24, 2.45) is 22.4 Å². The van der Waals surface area contributed by atoms with Crippen LogP contribution in [0.1, 0.15) is 37.3 Å². The van der Waals surface area contributed by atoms with Gasteiger partial charge in [-0.25, -0.2) is 18.2 Å². The van der Waals surface area contributed by atoms with E-state index in [2.05, 4.69) is 9.67 Å². The van der Waals surface area contributed by atoms with Crippen LogP contribution in [0.4, 0.5) is 13.2 Å². The van der Waals surface area contributed by atoms with Gasteiger partial charge >= 0.3 is 0 Å². The van der Waals surface area contributed by atoms with Crippen LogP contribution in [0.15, 0.2) is 53.8 Å². The summed E-state index contributed by atoms with van der Waals surface area (Å²) in [6.45, 7) is 0.796. The van der Waals surface area contributed by atoms with Crippen LogP contribution in [0.2, 0.25) is 0 Å². The Balaban J connectivity index is 1.20. The monoisotopic (exact) mass is 437 g/mol. The molecular weight excluding hydrogens is 415 g/mol. The first-order valence-corrected chi connectivity index (χ1v) is 11.0. The SMILES string of the molecule is O=C([C@H]1CC2(Cn3ccc4cc(F)ccc43)CC1C2)N1N=CCC1c1cc(F)cc(F)c1. The van der Waals surface area contributed by atoms with E-state index >= 15 is 0 Å². The van der Waals surface area contributed by atoms with Crippen LogP contribution in [-0.2, 0) is 11.3 Å². The molecule has 0 N–H and O–H groups in total. The fraction of sp³-hybridized carbons (Fsp3) is 0.360. The Morgan fingerprint density at radius 3 is 2.56 bits per heavy atom. The lowest BCUT2D eigenvalue weighted by atomic mass is 9.69. The van der Waals surface area contributed by atoms with E-state index < -0.39 is 17.7 Å². The lowest BCUT2D eigenvalue weighted by Crippen LogP contribution is -2.35. The average Bonchev–Trinajstić information content (AvgIpc) is 3.48. The third-order valence-corrected chi connectivity index (χ3v) is 7.49. The van der Waals surface area contributed by atoms with Crippen molar-refractivity contribution in [1.29, 1.82) is 0 Å². The quantitative estimate of drug-likeness (QED) is 0.536. The van der Waals surface area contributed by atoms with Crippen LogP contribution in [0.5, 0.6) is 0 Å². The molecule has 3 aliphatic carbocycles. The molecule has 7 rings (SSSR count). The summed E-state index contributed by atoms with van der Waals surface area (Å²) < 4.78 is 43.1. The van der Waals surface area contributed by atoms with E-state index in [1.165, 1.54) is 29.3 Å². The molecular formula is C25H22F3N3O. The van der Waals surface area contributed by atoms with Gasteiger partial charge in [-0.3, -0.25) is 4.79 Å². The molecule has 3 saturated carbocycles. The van der Waals surface area contributed by atoms with E-state index in [1.54, 1.807) is 12.3 Å². The number of carbonyl (C=O) groups excluding carboxylic acids is 1. The summed E-state index contributed by atoms with van der Waals surface area (Å²) in [5.74, 6) is -1.44. The summed E-state index contributed by atoms with van der Waals surface area (Å²) in [5, 5.41) is 6.58. The lowest BCUT2D eigenvalue weighted by Gasteiger charge is -2.39. The maximum absolute atomic E-state index is 13.7. The number of nitrogens with zero attached hydrogens (tertiary/aromatic N) is 3. The van der Waals surface area contributed by atoms with Gasteiger partial charge in [0.05, 0.1) is 6.04 Å². The van der Waals surface area contributed by atoms with Crippen molar-refractivity contribution in [1.82, 2.24) is 9.58 Å². The average molecular weight is 437 g/mol. The molecule has 164 valence electrons. The molecule has 0 spiro atoms. The zero-order valence-electron chi connectivity index (χ0n) is 17.3. The van der Waals surface area contributed by atoms with Gasteiger partial charge in [-0.15, -0.1) is 0 Å². The minimum Gasteiger partial charge on any atom is -0.347 e. The number of amides is 1. The van der Waals surface area contributed by atoms with Crippen molar-refractivity contribution in [2.45, 2.75) is 38.3 Å². The standard InChI is InChI=1S/C25H22F3N3O/c26-18-1-2-22-15(7-18)4-6-30(22)14-25-11-17(12-25)21(13-25)24(32)31-23(3-5-29-31)16-8-19(27)10-20(28)9-16/h1-2,4-10,17,21,23H,3,11-14H2/t17?,21-,23?,25?/m0/s1. The minimum absolute atomic E-state index is 0.0508. The Hall–Kier alpha value is -3.09. The summed E-state index contributed by atoms with van der Waals surface area (Å²) in [7, 11) is 0. The predicted octanol–water partition coefficient (Wildman–Crippen LogP) is 5.43. The third kappa shape index (κ3) is 3.05. The molecule has 3 aromatic rings. The van der Waals surface area contributed by atoms with Crippen molar-refractivity contribution in [3.8, 4) is 0 Å². The summed E-state index contributed by atoms with van der Waals surface area (Å²) in [6.07, 6.45) is 6.80. The number of carbonyl (C=O) groups is 1. The van der Waals surface area contributed by atoms with Crippen molar-refractivity contribution >= 4 is 23.0 Å². The Morgan fingerprint density at radius 2 is 1.78 bits per heavy atom. The van der Waals surface area contributed by atoms with E-state index in [9.17, 15) is 18.0 Å². The van der Waals surface area contributed by atoms with Gasteiger partial charge in [0.15, 0.2) is 0 Å². The number of rotatable bonds is 4. The molecule has 32 heavy (non-hydrogen) atoms. The van der Waals surface area contributed by atoms with Crippen LogP contribution in [-0.4, -0.2) is 21.7 Å². The van der Waals surface area contributed by atoms with Gasteiger partial charge in [0.2, 0.25) is 5.91 Å². The molecule has 3 fully saturated rings. The number of benzene rings is 2. The van der Waals surface area contributed by atoms with Gasteiger partial charge in [0, 0.05) is 48.3 Å². The van der Waals surface area contributed by atoms with Gasteiger partial charge in [0.25, 0.3) is 0 Å². The molecule has 2 heterocycles. The molecule has 4 nitrogen and oxygen atoms in total. The fourth-order valence-electron chi connectivity index (χ4n) is 6.13. The normalized spacial score (nSPS) is 28.5. The number of halogens is 3. The van der Waals surface area contributed by atoms with Crippen LogP contribution in [0, 0.1) is 34.7 Å². The minimum atomic E-state index is -0.653. The topological polar surface area (TPSA) is 37.6 Å². The van der Waals surface area contributed by atoms with E-state index in [4.69, 9.17) is 0 Å². The highest BCUT2D eigenvalue weighted by Gasteiger charge is 2.59. The summed E-state index contributed by atoms with van der Waals surface area (Å²) >= 11 is 0. The van der Waals surface area contributed by atoms with Gasteiger partial charge in [-0.1, -0.05) is 0 Å². The zero-order valence-corrected chi connectivity index (χ0v) is 17.3. The maximum atomic E-state index is 13.7. The van der Waals surface area contributed by atoms with Crippen molar-refractivity contribution in [2.75, 3.05) is 0 Å². The highest BCUT2D eigenvalue weighted by Crippen LogP contribution is 2.63. The van der Waals surface area contributed by atoms with E-state index in [-0.39, 0.29) is 23.1 Å². The Kier molecular flexibility index (Phi) is 4.26. The van der Waals surface area contributed by atoms with Gasteiger partial charge in [-0.2, -0.15) is 5.10 Å². The van der Waals surface area contributed by atoms with E-state index in [0.29, 0.717) is 17.9 Å². The zero-order chi connectivity index (χ0) is 22.0. The first-order valence-electron chi connectivity index (χ1n) is 11.0. The lowest BCUT2D eigenvalue weighted by molar-refractivity contribution is -0.138. The van der Waals surface area contributed by atoms with Crippen LogP contribution >= 0.6 is 0 Å². The maximum Gasteiger partial charge on any atom is 0.246 e.